The second kappa shape index (κ2) is 10.0. The molecule has 0 atom stereocenters. The standard InChI is InChI=1S/C22H21BrN2O3/c1-16-14-18(23)9-10-19(16)25-22(26)21-20(8-5-11-24-21)28-13-12-27-15-17-6-3-2-4-7-17/h2-11,14H,12-13,15H2,1H3,(H,25,26). The van der Waals surface area contributed by atoms with Crippen LogP contribution in [0.2, 0.25) is 0 Å². The van der Waals surface area contributed by atoms with Crippen LogP contribution in [0.4, 0.5) is 5.69 Å². The van der Waals surface area contributed by atoms with E-state index in [4.69, 9.17) is 9.47 Å². The van der Waals surface area contributed by atoms with Gasteiger partial charge in [0.2, 0.25) is 0 Å². The van der Waals surface area contributed by atoms with E-state index in [0.29, 0.717) is 25.6 Å². The number of halogens is 1. The molecule has 0 bridgehead atoms. The highest BCUT2D eigenvalue weighted by Crippen LogP contribution is 2.22. The summed E-state index contributed by atoms with van der Waals surface area (Å²) in [5.41, 5.74) is 3.04. The van der Waals surface area contributed by atoms with Crippen LogP contribution in [0, 0.1) is 6.92 Å². The summed E-state index contributed by atoms with van der Waals surface area (Å²) in [6.07, 6.45) is 1.57. The van der Waals surface area contributed by atoms with Crippen molar-refractivity contribution in [3.8, 4) is 5.75 Å². The number of ether oxygens (including phenoxy) is 2. The van der Waals surface area contributed by atoms with Crippen LogP contribution in [0.25, 0.3) is 0 Å². The Morgan fingerprint density at radius 3 is 2.68 bits per heavy atom. The van der Waals surface area contributed by atoms with Crippen molar-refractivity contribution < 1.29 is 14.3 Å². The lowest BCUT2D eigenvalue weighted by molar-refractivity contribution is 0.0873. The Morgan fingerprint density at radius 1 is 1.07 bits per heavy atom. The molecule has 5 nitrogen and oxygen atoms in total. The van der Waals surface area contributed by atoms with E-state index in [2.05, 4.69) is 26.2 Å². The molecule has 0 unspecified atom stereocenters. The largest absolute Gasteiger partial charge is 0.489 e. The summed E-state index contributed by atoms with van der Waals surface area (Å²) in [4.78, 5) is 16.8. The summed E-state index contributed by atoms with van der Waals surface area (Å²) in [6, 6.07) is 19.1. The second-order valence-electron chi connectivity index (χ2n) is 6.15. The highest BCUT2D eigenvalue weighted by atomic mass is 79.9. The van der Waals surface area contributed by atoms with E-state index >= 15 is 0 Å². The second-order valence-corrected chi connectivity index (χ2v) is 7.07. The van der Waals surface area contributed by atoms with Crippen LogP contribution in [-0.4, -0.2) is 24.1 Å². The van der Waals surface area contributed by atoms with Crippen LogP contribution in [0.15, 0.2) is 71.3 Å². The van der Waals surface area contributed by atoms with E-state index in [1.54, 1.807) is 18.3 Å². The molecule has 0 saturated heterocycles. The predicted molar refractivity (Wildman–Crippen MR) is 113 cm³/mol. The zero-order valence-electron chi connectivity index (χ0n) is 15.5. The summed E-state index contributed by atoms with van der Waals surface area (Å²) in [5.74, 6) is 0.115. The van der Waals surface area contributed by atoms with Crippen LogP contribution < -0.4 is 10.1 Å². The molecule has 0 saturated carbocycles. The minimum atomic E-state index is -0.314. The van der Waals surface area contributed by atoms with Crippen LogP contribution in [-0.2, 0) is 11.3 Å². The third kappa shape index (κ3) is 5.65. The number of nitrogens with one attached hydrogen (secondary N) is 1. The van der Waals surface area contributed by atoms with Gasteiger partial charge in [-0.2, -0.15) is 0 Å². The molecule has 1 N–H and O–H groups in total. The van der Waals surface area contributed by atoms with Gasteiger partial charge in [0.05, 0.1) is 13.2 Å². The van der Waals surface area contributed by atoms with Gasteiger partial charge >= 0.3 is 0 Å². The maximum absolute atomic E-state index is 12.6. The maximum Gasteiger partial charge on any atom is 0.278 e. The van der Waals surface area contributed by atoms with Gasteiger partial charge in [0.15, 0.2) is 11.4 Å². The zero-order chi connectivity index (χ0) is 19.8. The van der Waals surface area contributed by atoms with Crippen LogP contribution in [0.1, 0.15) is 21.6 Å². The smallest absolute Gasteiger partial charge is 0.278 e. The van der Waals surface area contributed by atoms with Crippen molar-refractivity contribution >= 4 is 27.5 Å². The van der Waals surface area contributed by atoms with Crippen molar-refractivity contribution in [2.75, 3.05) is 18.5 Å². The van der Waals surface area contributed by atoms with Gasteiger partial charge in [0.25, 0.3) is 5.91 Å². The van der Waals surface area contributed by atoms with Crippen LogP contribution in [0.5, 0.6) is 5.75 Å². The third-order valence-electron chi connectivity index (χ3n) is 4.02. The predicted octanol–water partition coefficient (Wildman–Crippen LogP) is 5.00. The Morgan fingerprint density at radius 2 is 1.89 bits per heavy atom. The number of rotatable bonds is 8. The number of amides is 1. The van der Waals surface area contributed by atoms with Crippen molar-refractivity contribution in [3.63, 3.8) is 0 Å². The Labute approximate surface area is 172 Å². The van der Waals surface area contributed by atoms with Gasteiger partial charge in [-0.3, -0.25) is 4.79 Å². The molecule has 3 aromatic rings. The Kier molecular flexibility index (Phi) is 7.17. The van der Waals surface area contributed by atoms with E-state index in [1.165, 1.54) is 0 Å². The van der Waals surface area contributed by atoms with Gasteiger partial charge < -0.3 is 14.8 Å². The molecule has 0 aliphatic carbocycles. The number of nitrogens with zero attached hydrogens (tertiary/aromatic N) is 1. The van der Waals surface area contributed by atoms with E-state index < -0.39 is 0 Å². The average molecular weight is 441 g/mol. The van der Waals surface area contributed by atoms with Gasteiger partial charge in [-0.25, -0.2) is 4.98 Å². The highest BCUT2D eigenvalue weighted by Gasteiger charge is 2.15. The SMILES string of the molecule is Cc1cc(Br)ccc1NC(=O)c1ncccc1OCCOCc1ccccc1. The number of hydrogen-bond acceptors (Lipinski definition) is 4. The minimum absolute atomic E-state index is 0.243. The number of benzene rings is 2. The molecule has 2 aromatic carbocycles. The molecule has 144 valence electrons. The summed E-state index contributed by atoms with van der Waals surface area (Å²) in [6.45, 7) is 3.19. The fraction of sp³-hybridized carbons (Fsp3) is 0.182. The number of carbonyl (C=O) groups excluding carboxylic acids is 1. The number of anilines is 1. The lowest BCUT2D eigenvalue weighted by Gasteiger charge is -2.12. The molecule has 1 aromatic heterocycles. The molecule has 0 fully saturated rings. The first-order valence-corrected chi connectivity index (χ1v) is 9.70. The molecule has 1 amide bonds. The Hall–Kier alpha value is -2.70. The van der Waals surface area contributed by atoms with Crippen molar-refractivity contribution in [1.29, 1.82) is 0 Å². The molecule has 0 spiro atoms. The number of aromatic nitrogens is 1. The molecule has 28 heavy (non-hydrogen) atoms. The van der Waals surface area contributed by atoms with Crippen molar-refractivity contribution in [2.24, 2.45) is 0 Å². The van der Waals surface area contributed by atoms with Crippen molar-refractivity contribution in [3.05, 3.63) is 88.2 Å². The third-order valence-corrected chi connectivity index (χ3v) is 4.51. The quantitative estimate of drug-likeness (QED) is 0.500. The monoisotopic (exact) mass is 440 g/mol. The molecule has 1 heterocycles. The number of hydrogen-bond donors (Lipinski definition) is 1. The topological polar surface area (TPSA) is 60.5 Å². The van der Waals surface area contributed by atoms with E-state index in [1.807, 2.05) is 55.5 Å². The summed E-state index contributed by atoms with van der Waals surface area (Å²) in [5, 5.41) is 2.88. The molecule has 6 heteroatoms. The molecule has 0 radical (unpaired) electrons. The van der Waals surface area contributed by atoms with Gasteiger partial charge in [-0.1, -0.05) is 46.3 Å². The minimum Gasteiger partial charge on any atom is -0.489 e. The Balaban J connectivity index is 1.55. The molecule has 3 rings (SSSR count). The summed E-state index contributed by atoms with van der Waals surface area (Å²) < 4.78 is 12.3. The molecule has 0 aliphatic heterocycles. The van der Waals surface area contributed by atoms with E-state index in [-0.39, 0.29) is 11.6 Å². The number of aryl methyl sites for hydroxylation is 1. The molecular formula is C22H21BrN2O3. The Bertz CT molecular complexity index is 932. The molecular weight excluding hydrogens is 420 g/mol. The lowest BCUT2D eigenvalue weighted by atomic mass is 10.2. The van der Waals surface area contributed by atoms with Gasteiger partial charge in [-0.15, -0.1) is 0 Å². The summed E-state index contributed by atoms with van der Waals surface area (Å²) >= 11 is 3.42. The first-order valence-electron chi connectivity index (χ1n) is 8.90. The van der Waals surface area contributed by atoms with Crippen LogP contribution >= 0.6 is 15.9 Å². The first-order chi connectivity index (χ1) is 13.6. The van der Waals surface area contributed by atoms with Gasteiger partial charge in [0, 0.05) is 16.4 Å². The highest BCUT2D eigenvalue weighted by molar-refractivity contribution is 9.10. The fourth-order valence-electron chi connectivity index (χ4n) is 2.60. The summed E-state index contributed by atoms with van der Waals surface area (Å²) in [7, 11) is 0. The van der Waals surface area contributed by atoms with E-state index in [9.17, 15) is 4.79 Å². The normalized spacial score (nSPS) is 10.5. The van der Waals surface area contributed by atoms with Gasteiger partial charge in [-0.05, 0) is 48.4 Å². The molecule has 0 aliphatic rings. The number of pyridine rings is 1. The number of carbonyl (C=O) groups is 1. The maximum atomic E-state index is 12.6. The average Bonchev–Trinajstić information content (AvgIpc) is 2.71. The lowest BCUT2D eigenvalue weighted by Crippen LogP contribution is -2.17. The van der Waals surface area contributed by atoms with E-state index in [0.717, 1.165) is 21.3 Å². The van der Waals surface area contributed by atoms with Crippen LogP contribution in [0.3, 0.4) is 0 Å². The fourth-order valence-corrected chi connectivity index (χ4v) is 3.08. The van der Waals surface area contributed by atoms with Crippen molar-refractivity contribution in [2.45, 2.75) is 13.5 Å². The van der Waals surface area contributed by atoms with Crippen molar-refractivity contribution in [1.82, 2.24) is 4.98 Å². The zero-order valence-corrected chi connectivity index (χ0v) is 17.1. The first kappa shape index (κ1) is 20.0. The van der Waals surface area contributed by atoms with Gasteiger partial charge in [0.1, 0.15) is 6.61 Å².